The minimum absolute atomic E-state index is 0.0432. The maximum Gasteiger partial charge on any atom is 0.355 e. The lowest BCUT2D eigenvalue weighted by molar-refractivity contribution is -0.149. The number of sulfone groups is 1. The van der Waals surface area contributed by atoms with Gasteiger partial charge in [0.15, 0.2) is 16.4 Å². The third-order valence-electron chi connectivity index (χ3n) is 4.12. The molecule has 0 spiro atoms. The molecule has 1 saturated heterocycles. The fourth-order valence-corrected chi connectivity index (χ4v) is 4.42. The van der Waals surface area contributed by atoms with Crippen LogP contribution in [0.2, 0.25) is 0 Å². The Hall–Kier alpha value is -2.68. The number of likely N-dealkylation sites (N-methyl/N-ethyl adjacent to an activating group) is 1. The molecule has 0 saturated carbocycles. The molecule has 146 valence electrons. The topological polar surface area (TPSA) is 110 Å². The molecule has 1 aromatic carbocycles. The number of hydrogen-bond acceptors (Lipinski definition) is 6. The van der Waals surface area contributed by atoms with Gasteiger partial charge in [0.25, 0.3) is 5.91 Å². The van der Waals surface area contributed by atoms with E-state index in [0.29, 0.717) is 12.0 Å². The zero-order valence-corrected chi connectivity index (χ0v) is 16.0. The summed E-state index contributed by atoms with van der Waals surface area (Å²) >= 11 is 0. The molecule has 1 N–H and O–H groups in total. The highest BCUT2D eigenvalue weighted by Gasteiger charge is 2.33. The zero-order valence-electron chi connectivity index (χ0n) is 15.2. The second-order valence-electron chi connectivity index (χ2n) is 6.29. The van der Waals surface area contributed by atoms with Crippen molar-refractivity contribution >= 4 is 33.7 Å². The van der Waals surface area contributed by atoms with Gasteiger partial charge in [0.2, 0.25) is 5.91 Å². The van der Waals surface area contributed by atoms with E-state index in [1.807, 2.05) is 6.07 Å². The van der Waals surface area contributed by atoms with E-state index in [0.717, 1.165) is 0 Å². The molecule has 9 heteroatoms. The first-order chi connectivity index (χ1) is 12.7. The standard InChI is InChI=1S/C18H22N2O6S/c1-13(21)19-16(10-14-6-4-3-5-7-14)18(23)26-11-17(22)20(2)15-8-9-27(24,25)12-15/h3-7,10,15H,8-9,11-12H2,1-2H3,(H,19,21)/b16-10+. The van der Waals surface area contributed by atoms with Crippen molar-refractivity contribution in [2.75, 3.05) is 25.2 Å². The minimum Gasteiger partial charge on any atom is -0.451 e. The number of carbonyl (C=O) groups is 3. The molecule has 1 fully saturated rings. The molecule has 1 heterocycles. The van der Waals surface area contributed by atoms with Crippen molar-refractivity contribution in [3.8, 4) is 0 Å². The molecule has 2 rings (SSSR count). The number of nitrogens with zero attached hydrogens (tertiary/aromatic N) is 1. The Labute approximate surface area is 158 Å². The van der Waals surface area contributed by atoms with Crippen molar-refractivity contribution in [2.24, 2.45) is 0 Å². The van der Waals surface area contributed by atoms with Gasteiger partial charge in [0.1, 0.15) is 5.70 Å². The molecule has 1 aliphatic heterocycles. The fourth-order valence-electron chi connectivity index (χ4n) is 2.64. The maximum absolute atomic E-state index is 12.3. The van der Waals surface area contributed by atoms with Crippen molar-refractivity contribution in [1.82, 2.24) is 10.2 Å². The number of rotatable bonds is 6. The van der Waals surface area contributed by atoms with E-state index in [4.69, 9.17) is 4.74 Å². The van der Waals surface area contributed by atoms with E-state index in [9.17, 15) is 22.8 Å². The van der Waals surface area contributed by atoms with E-state index in [2.05, 4.69) is 5.32 Å². The highest BCUT2D eigenvalue weighted by molar-refractivity contribution is 7.91. The van der Waals surface area contributed by atoms with Crippen LogP contribution in [-0.4, -0.2) is 62.3 Å². The second kappa shape index (κ2) is 8.81. The van der Waals surface area contributed by atoms with E-state index >= 15 is 0 Å². The Morgan fingerprint density at radius 1 is 1.26 bits per heavy atom. The van der Waals surface area contributed by atoms with E-state index in [-0.39, 0.29) is 17.2 Å². The summed E-state index contributed by atoms with van der Waals surface area (Å²) in [6.45, 7) is 0.711. The quantitative estimate of drug-likeness (QED) is 0.551. The van der Waals surface area contributed by atoms with Gasteiger partial charge in [-0.15, -0.1) is 0 Å². The third kappa shape index (κ3) is 6.21. The molecule has 1 unspecified atom stereocenters. The summed E-state index contributed by atoms with van der Waals surface area (Å²) in [7, 11) is -1.64. The van der Waals surface area contributed by atoms with Crippen LogP contribution in [0.1, 0.15) is 18.9 Å². The van der Waals surface area contributed by atoms with Crippen molar-refractivity contribution in [3.63, 3.8) is 0 Å². The molecule has 2 amide bonds. The molecule has 1 aliphatic rings. The first-order valence-electron chi connectivity index (χ1n) is 8.35. The van der Waals surface area contributed by atoms with Crippen LogP contribution in [0, 0.1) is 0 Å². The SMILES string of the molecule is CC(=O)N/C(=C/c1ccccc1)C(=O)OCC(=O)N(C)C1CCS(=O)(=O)C1. The van der Waals surface area contributed by atoms with Gasteiger partial charge in [0, 0.05) is 20.0 Å². The number of esters is 1. The van der Waals surface area contributed by atoms with Crippen molar-refractivity contribution < 1.29 is 27.5 Å². The lowest BCUT2D eigenvalue weighted by atomic mass is 10.2. The van der Waals surface area contributed by atoms with Gasteiger partial charge in [-0.3, -0.25) is 9.59 Å². The predicted molar refractivity (Wildman–Crippen MR) is 99.0 cm³/mol. The van der Waals surface area contributed by atoms with Crippen LogP contribution >= 0.6 is 0 Å². The molecule has 0 aliphatic carbocycles. The summed E-state index contributed by atoms with van der Waals surface area (Å²) in [5.41, 5.74) is 0.588. The summed E-state index contributed by atoms with van der Waals surface area (Å²) in [5, 5.41) is 2.39. The molecule has 1 aromatic rings. The van der Waals surface area contributed by atoms with E-state index in [1.165, 1.54) is 24.9 Å². The van der Waals surface area contributed by atoms with Crippen molar-refractivity contribution in [3.05, 3.63) is 41.6 Å². The van der Waals surface area contributed by atoms with Crippen LogP contribution < -0.4 is 5.32 Å². The summed E-state index contributed by atoms with van der Waals surface area (Å²) in [5.74, 6) is -1.86. The zero-order chi connectivity index (χ0) is 20.0. The molecular formula is C18H22N2O6S. The fraction of sp³-hybridized carbons (Fsp3) is 0.389. The van der Waals surface area contributed by atoms with Crippen LogP contribution in [0.5, 0.6) is 0 Å². The van der Waals surface area contributed by atoms with Gasteiger partial charge in [-0.25, -0.2) is 13.2 Å². The van der Waals surface area contributed by atoms with Crippen LogP contribution in [-0.2, 0) is 29.0 Å². The summed E-state index contributed by atoms with van der Waals surface area (Å²) in [4.78, 5) is 37.1. The molecule has 8 nitrogen and oxygen atoms in total. The second-order valence-corrected chi connectivity index (χ2v) is 8.52. The number of ether oxygens (including phenoxy) is 1. The Morgan fingerprint density at radius 3 is 2.48 bits per heavy atom. The molecule has 0 aromatic heterocycles. The van der Waals surface area contributed by atoms with Crippen molar-refractivity contribution in [1.29, 1.82) is 0 Å². The molecule has 0 radical (unpaired) electrons. The lowest BCUT2D eigenvalue weighted by Crippen LogP contribution is -2.40. The molecular weight excluding hydrogens is 372 g/mol. The van der Waals surface area contributed by atoms with Gasteiger partial charge in [-0.05, 0) is 18.1 Å². The molecule has 0 bridgehead atoms. The third-order valence-corrected chi connectivity index (χ3v) is 5.87. The van der Waals surface area contributed by atoms with Gasteiger partial charge in [-0.2, -0.15) is 0 Å². The monoisotopic (exact) mass is 394 g/mol. The number of hydrogen-bond donors (Lipinski definition) is 1. The number of benzene rings is 1. The predicted octanol–water partition coefficient (Wildman–Crippen LogP) is 0.352. The smallest absolute Gasteiger partial charge is 0.355 e. The van der Waals surface area contributed by atoms with Crippen LogP contribution in [0.4, 0.5) is 0 Å². The van der Waals surface area contributed by atoms with Crippen LogP contribution in [0.15, 0.2) is 36.0 Å². The Kier molecular flexibility index (Phi) is 6.73. The van der Waals surface area contributed by atoms with Gasteiger partial charge in [0.05, 0.1) is 11.5 Å². The number of nitrogens with one attached hydrogen (secondary N) is 1. The largest absolute Gasteiger partial charge is 0.451 e. The van der Waals surface area contributed by atoms with Gasteiger partial charge < -0.3 is 15.0 Å². The number of carbonyl (C=O) groups excluding carboxylic acids is 3. The number of amides is 2. The lowest BCUT2D eigenvalue weighted by Gasteiger charge is -2.23. The van der Waals surface area contributed by atoms with Gasteiger partial charge in [-0.1, -0.05) is 30.3 Å². The summed E-state index contributed by atoms with van der Waals surface area (Å²) in [6, 6.07) is 8.43. The summed E-state index contributed by atoms with van der Waals surface area (Å²) in [6.07, 6.45) is 1.81. The molecule has 27 heavy (non-hydrogen) atoms. The average molecular weight is 394 g/mol. The molecule has 1 atom stereocenters. The normalized spacial score (nSPS) is 18.6. The Morgan fingerprint density at radius 2 is 1.93 bits per heavy atom. The highest BCUT2D eigenvalue weighted by Crippen LogP contribution is 2.16. The minimum atomic E-state index is -3.13. The average Bonchev–Trinajstić information content (AvgIpc) is 2.98. The first-order valence-corrected chi connectivity index (χ1v) is 10.2. The Bertz CT molecular complexity index is 848. The van der Waals surface area contributed by atoms with Crippen LogP contribution in [0.3, 0.4) is 0 Å². The summed E-state index contributed by atoms with van der Waals surface area (Å²) < 4.78 is 28.1. The van der Waals surface area contributed by atoms with E-state index < -0.39 is 40.3 Å². The van der Waals surface area contributed by atoms with Crippen LogP contribution in [0.25, 0.3) is 6.08 Å². The van der Waals surface area contributed by atoms with Gasteiger partial charge >= 0.3 is 5.97 Å². The first kappa shape index (κ1) is 20.6. The van der Waals surface area contributed by atoms with E-state index in [1.54, 1.807) is 24.3 Å². The van der Waals surface area contributed by atoms with Crippen molar-refractivity contribution in [2.45, 2.75) is 19.4 Å². The highest BCUT2D eigenvalue weighted by atomic mass is 32.2. The maximum atomic E-state index is 12.3. The Balaban J connectivity index is 1.99.